The number of nitrogens with zero attached hydrogens (tertiary/aromatic N) is 1. The second kappa shape index (κ2) is 3.87. The lowest BCUT2D eigenvalue weighted by Crippen LogP contribution is -2.56. The van der Waals surface area contributed by atoms with Crippen molar-refractivity contribution in [2.45, 2.75) is 6.04 Å². The van der Waals surface area contributed by atoms with Crippen molar-refractivity contribution in [3.05, 3.63) is 18.2 Å². The highest BCUT2D eigenvalue weighted by Crippen LogP contribution is 2.34. The Kier molecular flexibility index (Phi) is 2.36. The molecule has 1 aromatic carbocycles. The number of hydrogen-bond donors (Lipinski definition) is 2. The van der Waals surface area contributed by atoms with Gasteiger partial charge in [-0.3, -0.25) is 0 Å². The highest BCUT2D eigenvalue weighted by molar-refractivity contribution is 5.74. The van der Waals surface area contributed by atoms with Crippen molar-refractivity contribution in [3.63, 3.8) is 0 Å². The van der Waals surface area contributed by atoms with E-state index in [2.05, 4.69) is 27.7 Å². The molecular weight excluding hydrogens is 202 g/mol. The quantitative estimate of drug-likeness (QED) is 0.736. The molecule has 1 aromatic rings. The number of piperazine rings is 1. The first-order valence-electron chi connectivity index (χ1n) is 5.78. The van der Waals surface area contributed by atoms with Gasteiger partial charge in [0, 0.05) is 32.2 Å². The lowest BCUT2D eigenvalue weighted by atomic mass is 10.1. The standard InChI is InChI=1S/C12H17N3O/c1-16-10-2-3-12-11(6-10)14-8-9-7-13-4-5-15(9)12/h2-3,6,9,13-14H,4-5,7-8H2,1H3. The van der Waals surface area contributed by atoms with E-state index in [0.29, 0.717) is 6.04 Å². The molecule has 1 unspecified atom stereocenters. The maximum Gasteiger partial charge on any atom is 0.121 e. The molecule has 0 spiro atoms. The topological polar surface area (TPSA) is 36.5 Å². The Labute approximate surface area is 95.6 Å². The molecular formula is C12H17N3O. The number of benzene rings is 1. The summed E-state index contributed by atoms with van der Waals surface area (Å²) in [5.41, 5.74) is 2.50. The molecule has 1 atom stereocenters. The van der Waals surface area contributed by atoms with Gasteiger partial charge in [-0.05, 0) is 12.1 Å². The Hall–Kier alpha value is -1.42. The smallest absolute Gasteiger partial charge is 0.121 e. The summed E-state index contributed by atoms with van der Waals surface area (Å²) in [7, 11) is 1.71. The highest BCUT2D eigenvalue weighted by atomic mass is 16.5. The summed E-state index contributed by atoms with van der Waals surface area (Å²) in [5.74, 6) is 0.917. The van der Waals surface area contributed by atoms with Crippen LogP contribution in [0.4, 0.5) is 11.4 Å². The molecule has 0 aromatic heterocycles. The van der Waals surface area contributed by atoms with Gasteiger partial charge in [0.1, 0.15) is 5.75 Å². The minimum atomic E-state index is 0.578. The fourth-order valence-electron chi connectivity index (χ4n) is 2.52. The van der Waals surface area contributed by atoms with Gasteiger partial charge in [-0.2, -0.15) is 0 Å². The van der Waals surface area contributed by atoms with Crippen molar-refractivity contribution < 1.29 is 4.74 Å². The summed E-state index contributed by atoms with van der Waals surface area (Å²) in [6, 6.07) is 6.84. The van der Waals surface area contributed by atoms with E-state index in [1.54, 1.807) is 7.11 Å². The minimum absolute atomic E-state index is 0.578. The van der Waals surface area contributed by atoms with Crippen LogP contribution in [0, 0.1) is 0 Å². The zero-order valence-electron chi connectivity index (χ0n) is 9.49. The molecule has 0 bridgehead atoms. The van der Waals surface area contributed by atoms with Crippen LogP contribution in [-0.4, -0.2) is 39.3 Å². The monoisotopic (exact) mass is 219 g/mol. The van der Waals surface area contributed by atoms with E-state index in [1.165, 1.54) is 11.4 Å². The van der Waals surface area contributed by atoms with Crippen LogP contribution in [0.15, 0.2) is 18.2 Å². The molecule has 0 radical (unpaired) electrons. The number of fused-ring (bicyclic) bond motifs is 3. The molecule has 2 aliphatic rings. The van der Waals surface area contributed by atoms with Crippen molar-refractivity contribution in [2.75, 3.05) is 43.5 Å². The maximum atomic E-state index is 5.25. The van der Waals surface area contributed by atoms with Gasteiger partial charge in [0.25, 0.3) is 0 Å². The summed E-state index contributed by atoms with van der Waals surface area (Å²) in [6.07, 6.45) is 0. The third kappa shape index (κ3) is 1.50. The zero-order chi connectivity index (χ0) is 11.0. The normalized spacial score (nSPS) is 23.1. The van der Waals surface area contributed by atoms with E-state index in [9.17, 15) is 0 Å². The number of hydrogen-bond acceptors (Lipinski definition) is 4. The molecule has 2 aliphatic heterocycles. The number of methoxy groups -OCH3 is 1. The Bertz CT molecular complexity index is 394. The van der Waals surface area contributed by atoms with Gasteiger partial charge < -0.3 is 20.3 Å². The molecule has 0 aliphatic carbocycles. The SMILES string of the molecule is COc1ccc2c(c1)NCC1CNCCN21. The van der Waals surface area contributed by atoms with Crippen LogP contribution < -0.4 is 20.3 Å². The molecule has 4 nitrogen and oxygen atoms in total. The molecule has 86 valence electrons. The van der Waals surface area contributed by atoms with Gasteiger partial charge in [-0.1, -0.05) is 0 Å². The highest BCUT2D eigenvalue weighted by Gasteiger charge is 2.28. The minimum Gasteiger partial charge on any atom is -0.497 e. The number of rotatable bonds is 1. The third-order valence-electron chi connectivity index (χ3n) is 3.39. The molecule has 1 fully saturated rings. The third-order valence-corrected chi connectivity index (χ3v) is 3.39. The first-order chi connectivity index (χ1) is 7.88. The van der Waals surface area contributed by atoms with E-state index < -0.39 is 0 Å². The predicted octanol–water partition coefficient (Wildman–Crippen LogP) is 0.899. The van der Waals surface area contributed by atoms with Crippen LogP contribution in [0.3, 0.4) is 0 Å². The van der Waals surface area contributed by atoms with E-state index in [-0.39, 0.29) is 0 Å². The van der Waals surface area contributed by atoms with Gasteiger partial charge in [0.2, 0.25) is 0 Å². The van der Waals surface area contributed by atoms with Gasteiger partial charge in [0.05, 0.1) is 24.5 Å². The lowest BCUT2D eigenvalue weighted by Gasteiger charge is -2.42. The second-order valence-corrected chi connectivity index (χ2v) is 4.32. The first kappa shape index (κ1) is 9.78. The Balaban J connectivity index is 1.96. The molecule has 2 N–H and O–H groups in total. The average molecular weight is 219 g/mol. The Morgan fingerprint density at radius 3 is 3.19 bits per heavy atom. The zero-order valence-corrected chi connectivity index (χ0v) is 9.49. The van der Waals surface area contributed by atoms with Crippen LogP contribution in [0.5, 0.6) is 5.75 Å². The maximum absolute atomic E-state index is 5.25. The van der Waals surface area contributed by atoms with E-state index >= 15 is 0 Å². The van der Waals surface area contributed by atoms with E-state index in [1.807, 2.05) is 6.07 Å². The van der Waals surface area contributed by atoms with E-state index in [0.717, 1.165) is 31.9 Å². The summed E-state index contributed by atoms with van der Waals surface area (Å²) in [4.78, 5) is 2.49. The summed E-state index contributed by atoms with van der Waals surface area (Å²) in [5, 5.41) is 6.91. The molecule has 0 saturated carbocycles. The molecule has 1 saturated heterocycles. The van der Waals surface area contributed by atoms with Crippen molar-refractivity contribution in [3.8, 4) is 5.75 Å². The fourth-order valence-corrected chi connectivity index (χ4v) is 2.52. The van der Waals surface area contributed by atoms with Crippen molar-refractivity contribution >= 4 is 11.4 Å². The summed E-state index contributed by atoms with van der Waals surface area (Å²) in [6.45, 7) is 4.24. The Morgan fingerprint density at radius 2 is 2.31 bits per heavy atom. The summed E-state index contributed by atoms with van der Waals surface area (Å²) < 4.78 is 5.25. The van der Waals surface area contributed by atoms with Crippen LogP contribution in [-0.2, 0) is 0 Å². The van der Waals surface area contributed by atoms with Crippen LogP contribution in [0.2, 0.25) is 0 Å². The fraction of sp³-hybridized carbons (Fsp3) is 0.500. The largest absolute Gasteiger partial charge is 0.497 e. The van der Waals surface area contributed by atoms with Gasteiger partial charge in [-0.25, -0.2) is 0 Å². The van der Waals surface area contributed by atoms with Gasteiger partial charge >= 0.3 is 0 Å². The van der Waals surface area contributed by atoms with Crippen molar-refractivity contribution in [2.24, 2.45) is 0 Å². The number of nitrogens with one attached hydrogen (secondary N) is 2. The second-order valence-electron chi connectivity index (χ2n) is 4.32. The Morgan fingerprint density at radius 1 is 1.38 bits per heavy atom. The summed E-state index contributed by atoms with van der Waals surface area (Å²) >= 11 is 0. The van der Waals surface area contributed by atoms with Crippen molar-refractivity contribution in [1.82, 2.24) is 5.32 Å². The molecule has 4 heteroatoms. The molecule has 16 heavy (non-hydrogen) atoms. The van der Waals surface area contributed by atoms with Crippen LogP contribution >= 0.6 is 0 Å². The number of anilines is 2. The first-order valence-corrected chi connectivity index (χ1v) is 5.78. The van der Waals surface area contributed by atoms with Gasteiger partial charge in [-0.15, -0.1) is 0 Å². The van der Waals surface area contributed by atoms with E-state index in [4.69, 9.17) is 4.74 Å². The average Bonchev–Trinajstić information content (AvgIpc) is 2.38. The molecule has 2 heterocycles. The molecule has 0 amide bonds. The van der Waals surface area contributed by atoms with Crippen molar-refractivity contribution in [1.29, 1.82) is 0 Å². The predicted molar refractivity (Wildman–Crippen MR) is 65.5 cm³/mol. The van der Waals surface area contributed by atoms with Crippen LogP contribution in [0.25, 0.3) is 0 Å². The number of ether oxygens (including phenoxy) is 1. The molecule has 3 rings (SSSR count). The lowest BCUT2D eigenvalue weighted by molar-refractivity contribution is 0.414. The van der Waals surface area contributed by atoms with Crippen LogP contribution in [0.1, 0.15) is 0 Å². The van der Waals surface area contributed by atoms with Gasteiger partial charge in [0.15, 0.2) is 0 Å².